The molecular formula is C22H31N5O2S. The van der Waals surface area contributed by atoms with Crippen LogP contribution in [-0.4, -0.2) is 49.2 Å². The van der Waals surface area contributed by atoms with Gasteiger partial charge in [0.15, 0.2) is 0 Å². The molecule has 1 unspecified atom stereocenters. The maximum Gasteiger partial charge on any atom is 0.216 e. The van der Waals surface area contributed by atoms with E-state index in [1.807, 2.05) is 24.5 Å². The summed E-state index contributed by atoms with van der Waals surface area (Å²) in [6, 6.07) is 2.87. The van der Waals surface area contributed by atoms with Crippen molar-refractivity contribution in [1.29, 1.82) is 0 Å². The molecule has 2 atom stereocenters. The molecular weight excluding hydrogens is 398 g/mol. The highest BCUT2D eigenvalue weighted by atomic mass is 32.1. The van der Waals surface area contributed by atoms with Crippen LogP contribution >= 0.6 is 11.3 Å². The number of rotatable bonds is 8. The van der Waals surface area contributed by atoms with Gasteiger partial charge >= 0.3 is 0 Å². The molecule has 8 heteroatoms. The smallest absolute Gasteiger partial charge is 0.216 e. The number of aliphatic hydroxyl groups is 1. The molecule has 30 heavy (non-hydrogen) atoms. The zero-order valence-corrected chi connectivity index (χ0v) is 18.9. The third kappa shape index (κ3) is 4.82. The molecule has 1 aliphatic rings. The van der Waals surface area contributed by atoms with Gasteiger partial charge in [0.2, 0.25) is 5.89 Å². The number of hydrogen-bond acceptors (Lipinski definition) is 7. The van der Waals surface area contributed by atoms with Crippen molar-refractivity contribution >= 4 is 11.3 Å². The van der Waals surface area contributed by atoms with Crippen LogP contribution in [0.1, 0.15) is 65.3 Å². The van der Waals surface area contributed by atoms with Crippen LogP contribution in [0.5, 0.6) is 0 Å². The van der Waals surface area contributed by atoms with Gasteiger partial charge in [-0.25, -0.2) is 9.67 Å². The van der Waals surface area contributed by atoms with Gasteiger partial charge in [-0.15, -0.1) is 16.4 Å². The fourth-order valence-corrected chi connectivity index (χ4v) is 5.55. The summed E-state index contributed by atoms with van der Waals surface area (Å²) in [5.41, 5.74) is 2.46. The molecule has 7 nitrogen and oxygen atoms in total. The highest BCUT2D eigenvalue weighted by molar-refractivity contribution is 7.12. The molecule has 0 amide bonds. The molecule has 0 aromatic carbocycles. The van der Waals surface area contributed by atoms with Crippen LogP contribution in [0.3, 0.4) is 0 Å². The van der Waals surface area contributed by atoms with Crippen molar-refractivity contribution in [3.63, 3.8) is 0 Å². The van der Waals surface area contributed by atoms with Crippen LogP contribution < -0.4 is 0 Å². The van der Waals surface area contributed by atoms with Crippen LogP contribution in [0.15, 0.2) is 22.9 Å². The highest BCUT2D eigenvalue weighted by Gasteiger charge is 2.29. The average Bonchev–Trinajstić information content (AvgIpc) is 3.45. The van der Waals surface area contributed by atoms with E-state index in [1.165, 1.54) is 15.3 Å². The van der Waals surface area contributed by atoms with Crippen LogP contribution in [0, 0.1) is 6.92 Å². The van der Waals surface area contributed by atoms with Crippen molar-refractivity contribution < 1.29 is 9.52 Å². The van der Waals surface area contributed by atoms with Crippen LogP contribution in [-0.2, 0) is 25.9 Å². The Morgan fingerprint density at radius 3 is 2.90 bits per heavy atom. The standard InChI is InChI=1S/C22H31N5O2S/c1-4-19-10-20(21(30-19)6-8-28)17-5-7-26(15(2)9-17)12-18-13-27(25-24-18)14-22-23-11-16(3)29-22/h10-11,13,15,17,28H,4-9,12,14H2,1-3H3/t15-,17?/m0/s1. The fraction of sp³-hybridized carbons (Fsp3) is 0.591. The van der Waals surface area contributed by atoms with Crippen LogP contribution in [0.2, 0.25) is 0 Å². The van der Waals surface area contributed by atoms with Gasteiger partial charge in [0.05, 0.1) is 18.1 Å². The number of aromatic nitrogens is 4. The maximum atomic E-state index is 9.45. The van der Waals surface area contributed by atoms with E-state index < -0.39 is 0 Å². The number of aryl methyl sites for hydroxylation is 2. The summed E-state index contributed by atoms with van der Waals surface area (Å²) in [5, 5.41) is 18.0. The number of piperidine rings is 1. The molecule has 1 fully saturated rings. The summed E-state index contributed by atoms with van der Waals surface area (Å²) >= 11 is 1.88. The lowest BCUT2D eigenvalue weighted by atomic mass is 9.85. The molecule has 162 valence electrons. The molecule has 3 aromatic heterocycles. The molecule has 0 saturated carbocycles. The molecule has 1 aliphatic heterocycles. The first-order valence-electron chi connectivity index (χ1n) is 10.8. The van der Waals surface area contributed by atoms with Gasteiger partial charge in [0, 0.05) is 35.4 Å². The summed E-state index contributed by atoms with van der Waals surface area (Å²) in [5.74, 6) is 2.04. The molecule has 1 N–H and O–H groups in total. The lowest BCUT2D eigenvalue weighted by Crippen LogP contribution is -2.39. The van der Waals surface area contributed by atoms with E-state index in [1.54, 1.807) is 10.9 Å². The van der Waals surface area contributed by atoms with Gasteiger partial charge in [0.25, 0.3) is 0 Å². The molecule has 0 bridgehead atoms. The molecule has 4 rings (SSSR count). The van der Waals surface area contributed by atoms with Crippen molar-refractivity contribution in [3.05, 3.63) is 51.1 Å². The van der Waals surface area contributed by atoms with Gasteiger partial charge in [-0.2, -0.15) is 0 Å². The number of thiophene rings is 1. The molecule has 0 aliphatic carbocycles. The topological polar surface area (TPSA) is 80.2 Å². The first-order valence-corrected chi connectivity index (χ1v) is 11.6. The van der Waals surface area contributed by atoms with Crippen molar-refractivity contribution in [2.24, 2.45) is 0 Å². The first kappa shape index (κ1) is 21.2. The summed E-state index contributed by atoms with van der Waals surface area (Å²) in [6.45, 7) is 9.00. The van der Waals surface area contributed by atoms with Gasteiger partial charge < -0.3 is 9.52 Å². The zero-order valence-electron chi connectivity index (χ0n) is 18.0. The van der Waals surface area contributed by atoms with Crippen LogP contribution in [0.25, 0.3) is 0 Å². The van der Waals surface area contributed by atoms with Crippen molar-refractivity contribution in [1.82, 2.24) is 24.9 Å². The highest BCUT2D eigenvalue weighted by Crippen LogP contribution is 2.38. The Morgan fingerprint density at radius 2 is 2.20 bits per heavy atom. The van der Waals surface area contributed by atoms with Crippen LogP contribution in [0.4, 0.5) is 0 Å². The molecule has 0 spiro atoms. The Kier molecular flexibility index (Phi) is 6.65. The van der Waals surface area contributed by atoms with Crippen molar-refractivity contribution in [2.45, 2.75) is 71.5 Å². The van der Waals surface area contributed by atoms with Gasteiger partial charge in [-0.05, 0) is 57.2 Å². The minimum Gasteiger partial charge on any atom is -0.444 e. The quantitative estimate of drug-likeness (QED) is 0.590. The van der Waals surface area contributed by atoms with Gasteiger partial charge in [-0.1, -0.05) is 12.1 Å². The maximum absolute atomic E-state index is 9.45. The Labute approximate surface area is 181 Å². The SMILES string of the molecule is CCc1cc(C2CCN(Cc3cn(Cc4ncc(C)o4)nn3)[C@@H](C)C2)c(CCO)s1. The third-order valence-corrected chi connectivity index (χ3v) is 7.31. The fourth-order valence-electron chi connectivity index (χ4n) is 4.36. The summed E-state index contributed by atoms with van der Waals surface area (Å²) < 4.78 is 7.32. The van der Waals surface area contributed by atoms with E-state index in [4.69, 9.17) is 4.42 Å². The van der Waals surface area contributed by atoms with E-state index in [0.717, 1.165) is 50.2 Å². The van der Waals surface area contributed by atoms with Crippen molar-refractivity contribution in [3.8, 4) is 0 Å². The lowest BCUT2D eigenvalue weighted by molar-refractivity contribution is 0.137. The Morgan fingerprint density at radius 1 is 1.33 bits per heavy atom. The number of likely N-dealkylation sites (tertiary alicyclic amines) is 1. The van der Waals surface area contributed by atoms with Gasteiger partial charge in [0.1, 0.15) is 12.3 Å². The molecule has 1 saturated heterocycles. The Bertz CT molecular complexity index is 963. The normalized spacial score (nSPS) is 20.1. The summed E-state index contributed by atoms with van der Waals surface area (Å²) in [6.07, 6.45) is 7.85. The van der Waals surface area contributed by atoms with E-state index >= 15 is 0 Å². The molecule has 3 aromatic rings. The summed E-state index contributed by atoms with van der Waals surface area (Å²) in [7, 11) is 0. The lowest BCUT2D eigenvalue weighted by Gasteiger charge is -2.37. The second kappa shape index (κ2) is 9.41. The Hall–Kier alpha value is -2.03. The Balaban J connectivity index is 1.37. The zero-order chi connectivity index (χ0) is 21.1. The summed E-state index contributed by atoms with van der Waals surface area (Å²) in [4.78, 5) is 9.54. The van der Waals surface area contributed by atoms with E-state index in [0.29, 0.717) is 24.4 Å². The second-order valence-electron chi connectivity index (χ2n) is 8.23. The molecule has 4 heterocycles. The monoisotopic (exact) mass is 429 g/mol. The predicted molar refractivity (Wildman–Crippen MR) is 117 cm³/mol. The predicted octanol–water partition coefficient (Wildman–Crippen LogP) is 3.55. The van der Waals surface area contributed by atoms with E-state index in [-0.39, 0.29) is 6.61 Å². The number of hydrogen-bond donors (Lipinski definition) is 1. The third-order valence-electron chi connectivity index (χ3n) is 5.95. The van der Waals surface area contributed by atoms with Crippen molar-refractivity contribution in [2.75, 3.05) is 13.2 Å². The number of oxazole rings is 1. The number of aliphatic hydroxyl groups excluding tert-OH is 1. The minimum absolute atomic E-state index is 0.230. The van der Waals surface area contributed by atoms with Gasteiger partial charge in [-0.3, -0.25) is 4.90 Å². The average molecular weight is 430 g/mol. The first-order chi connectivity index (χ1) is 14.6. The minimum atomic E-state index is 0.230. The largest absolute Gasteiger partial charge is 0.444 e. The van der Waals surface area contributed by atoms with E-state index in [2.05, 4.69) is 40.1 Å². The molecule has 0 radical (unpaired) electrons. The second-order valence-corrected chi connectivity index (χ2v) is 9.45. The number of nitrogens with zero attached hydrogens (tertiary/aromatic N) is 5. The van der Waals surface area contributed by atoms with E-state index in [9.17, 15) is 5.11 Å².